The molecule has 0 atom stereocenters. The van der Waals surface area contributed by atoms with Crippen LogP contribution in [-0.2, 0) is 9.53 Å². The molecule has 0 heterocycles. The topological polar surface area (TPSA) is 67.4 Å². The van der Waals surface area contributed by atoms with E-state index in [0.717, 1.165) is 38.5 Å². The summed E-state index contributed by atoms with van der Waals surface area (Å²) in [4.78, 5) is 22.2. The number of rotatable bonds is 16. The van der Waals surface area contributed by atoms with E-state index in [2.05, 4.69) is 54.0 Å². The molecule has 0 aliphatic rings. The van der Waals surface area contributed by atoms with E-state index in [-0.39, 0.29) is 12.5 Å². The van der Waals surface area contributed by atoms with Crippen molar-refractivity contribution in [1.82, 2.24) is 10.6 Å². The quantitative estimate of drug-likeness (QED) is 0.292. The molecule has 0 aromatic carbocycles. The first-order chi connectivity index (χ1) is 13.2. The fraction of sp³-hybridized carbons (Fsp3) is 0.636. The van der Waals surface area contributed by atoms with Crippen molar-refractivity contribution in [2.75, 3.05) is 20.2 Å². The Labute approximate surface area is 165 Å². The van der Waals surface area contributed by atoms with Gasteiger partial charge >= 0.3 is 6.09 Å². The van der Waals surface area contributed by atoms with Gasteiger partial charge in [0.1, 0.15) is 0 Å². The molecule has 0 spiro atoms. The maximum absolute atomic E-state index is 11.3. The molecule has 5 heteroatoms. The first kappa shape index (κ1) is 25.0. The zero-order valence-electron chi connectivity index (χ0n) is 17.2. The summed E-state index contributed by atoms with van der Waals surface area (Å²) in [6.07, 6.45) is 24.1. The number of hydrogen-bond acceptors (Lipinski definition) is 3. The van der Waals surface area contributed by atoms with Crippen LogP contribution in [0.3, 0.4) is 0 Å². The second-order valence-electron chi connectivity index (χ2n) is 6.41. The summed E-state index contributed by atoms with van der Waals surface area (Å²) in [6, 6.07) is 0. The number of carbonyl (C=O) groups excluding carboxylic acids is 2. The number of carbonyl (C=O) groups is 2. The van der Waals surface area contributed by atoms with Crippen molar-refractivity contribution in [2.24, 2.45) is 0 Å². The molecule has 0 aromatic rings. The Morgan fingerprint density at radius 3 is 2.00 bits per heavy atom. The van der Waals surface area contributed by atoms with Crippen molar-refractivity contribution in [3.63, 3.8) is 0 Å². The van der Waals surface area contributed by atoms with Crippen molar-refractivity contribution < 1.29 is 14.3 Å². The predicted molar refractivity (Wildman–Crippen MR) is 113 cm³/mol. The Bertz CT molecular complexity index is 456. The number of nitrogens with one attached hydrogen (secondary N) is 2. The molecule has 0 saturated heterocycles. The lowest BCUT2D eigenvalue weighted by molar-refractivity contribution is -0.123. The van der Waals surface area contributed by atoms with Gasteiger partial charge in [0.05, 0.1) is 0 Å². The normalized spacial score (nSPS) is 11.5. The SMILES string of the molecule is CCCCC/C=C/C/C=C/C/C=C/CCCCCNC(=O)OCC(=O)NC. The van der Waals surface area contributed by atoms with Crippen LogP contribution in [0.5, 0.6) is 0 Å². The Balaban J connectivity index is 3.39. The number of amides is 2. The molecular formula is C22H38N2O3. The Morgan fingerprint density at radius 1 is 0.815 bits per heavy atom. The predicted octanol–water partition coefficient (Wildman–Crippen LogP) is 5.05. The van der Waals surface area contributed by atoms with Crippen LogP contribution in [0, 0.1) is 0 Å². The maximum atomic E-state index is 11.3. The molecule has 0 aromatic heterocycles. The lowest BCUT2D eigenvalue weighted by atomic mass is 10.1. The molecule has 2 amide bonds. The lowest BCUT2D eigenvalue weighted by Gasteiger charge is -2.05. The van der Waals surface area contributed by atoms with Crippen LogP contribution >= 0.6 is 0 Å². The number of unbranched alkanes of at least 4 members (excludes halogenated alkanes) is 6. The average Bonchev–Trinajstić information content (AvgIpc) is 2.68. The standard InChI is InChI=1S/C22H38N2O3/c1-3-4-5-6-7-8-9-10-11-12-13-14-15-16-17-18-19-24-22(26)27-20-21(25)23-2/h7-8,10-11,13-14H,3-6,9,12,15-20H2,1-2H3,(H,23,25)(H,24,26)/b8-7+,11-10+,14-13+. The zero-order valence-corrected chi connectivity index (χ0v) is 17.2. The molecule has 0 radical (unpaired) electrons. The first-order valence-corrected chi connectivity index (χ1v) is 10.3. The number of alkyl carbamates (subject to hydrolysis) is 1. The van der Waals surface area contributed by atoms with Gasteiger partial charge in [0.25, 0.3) is 5.91 Å². The van der Waals surface area contributed by atoms with Gasteiger partial charge in [-0.15, -0.1) is 0 Å². The van der Waals surface area contributed by atoms with Crippen LogP contribution in [0.15, 0.2) is 36.5 Å². The van der Waals surface area contributed by atoms with E-state index < -0.39 is 6.09 Å². The largest absolute Gasteiger partial charge is 0.439 e. The third-order valence-electron chi connectivity index (χ3n) is 3.95. The van der Waals surface area contributed by atoms with E-state index in [1.54, 1.807) is 0 Å². The summed E-state index contributed by atoms with van der Waals surface area (Å²) in [5.74, 6) is -0.314. The Kier molecular flexibility index (Phi) is 18.7. The van der Waals surface area contributed by atoms with Crippen molar-refractivity contribution in [3.8, 4) is 0 Å². The highest BCUT2D eigenvalue weighted by Crippen LogP contribution is 2.02. The van der Waals surface area contributed by atoms with Crippen LogP contribution in [0.2, 0.25) is 0 Å². The van der Waals surface area contributed by atoms with E-state index in [1.807, 2.05) is 0 Å². The smallest absolute Gasteiger partial charge is 0.407 e. The Morgan fingerprint density at radius 2 is 1.41 bits per heavy atom. The minimum Gasteiger partial charge on any atom is -0.439 e. The summed E-state index contributed by atoms with van der Waals surface area (Å²) < 4.78 is 4.74. The van der Waals surface area contributed by atoms with Gasteiger partial charge in [-0.25, -0.2) is 4.79 Å². The van der Waals surface area contributed by atoms with Gasteiger partial charge in [-0.3, -0.25) is 4.79 Å². The fourth-order valence-corrected chi connectivity index (χ4v) is 2.30. The summed E-state index contributed by atoms with van der Waals surface area (Å²) in [6.45, 7) is 2.57. The van der Waals surface area contributed by atoms with Crippen LogP contribution < -0.4 is 10.6 Å². The van der Waals surface area contributed by atoms with Crippen LogP contribution in [0.4, 0.5) is 4.79 Å². The third kappa shape index (κ3) is 20.1. The maximum Gasteiger partial charge on any atom is 0.407 e. The molecule has 154 valence electrons. The van der Waals surface area contributed by atoms with E-state index in [1.165, 1.54) is 32.7 Å². The van der Waals surface area contributed by atoms with E-state index in [0.29, 0.717) is 6.54 Å². The highest BCUT2D eigenvalue weighted by atomic mass is 16.6. The first-order valence-electron chi connectivity index (χ1n) is 10.3. The fourth-order valence-electron chi connectivity index (χ4n) is 2.30. The average molecular weight is 379 g/mol. The summed E-state index contributed by atoms with van der Waals surface area (Å²) in [5, 5.41) is 5.03. The number of ether oxygens (including phenoxy) is 1. The van der Waals surface area contributed by atoms with Gasteiger partial charge < -0.3 is 15.4 Å². The Hall–Kier alpha value is -2.04. The second-order valence-corrected chi connectivity index (χ2v) is 6.41. The van der Waals surface area contributed by atoms with Gasteiger partial charge in [0, 0.05) is 13.6 Å². The molecule has 27 heavy (non-hydrogen) atoms. The van der Waals surface area contributed by atoms with Crippen molar-refractivity contribution in [1.29, 1.82) is 0 Å². The number of likely N-dealkylation sites (N-methyl/N-ethyl adjacent to an activating group) is 1. The summed E-state index contributed by atoms with van der Waals surface area (Å²) >= 11 is 0. The number of hydrogen-bond donors (Lipinski definition) is 2. The van der Waals surface area contributed by atoms with Gasteiger partial charge in [-0.05, 0) is 44.9 Å². The third-order valence-corrected chi connectivity index (χ3v) is 3.95. The lowest BCUT2D eigenvalue weighted by Crippen LogP contribution is -2.30. The minimum atomic E-state index is -0.541. The zero-order chi connectivity index (χ0) is 20.0. The van der Waals surface area contributed by atoms with Gasteiger partial charge in [0.2, 0.25) is 0 Å². The monoisotopic (exact) mass is 378 g/mol. The highest BCUT2D eigenvalue weighted by Gasteiger charge is 2.04. The van der Waals surface area contributed by atoms with E-state index in [4.69, 9.17) is 4.74 Å². The highest BCUT2D eigenvalue weighted by molar-refractivity contribution is 5.79. The number of allylic oxidation sites excluding steroid dienone is 6. The summed E-state index contributed by atoms with van der Waals surface area (Å²) in [5.41, 5.74) is 0. The van der Waals surface area contributed by atoms with E-state index in [9.17, 15) is 9.59 Å². The summed E-state index contributed by atoms with van der Waals surface area (Å²) in [7, 11) is 1.50. The molecule has 0 aliphatic heterocycles. The molecule has 0 saturated carbocycles. The van der Waals surface area contributed by atoms with Gasteiger partial charge in [0.15, 0.2) is 6.61 Å². The van der Waals surface area contributed by atoms with Crippen LogP contribution in [0.25, 0.3) is 0 Å². The van der Waals surface area contributed by atoms with Crippen molar-refractivity contribution in [2.45, 2.75) is 71.1 Å². The molecular weight excluding hydrogens is 340 g/mol. The molecule has 0 rings (SSSR count). The molecule has 5 nitrogen and oxygen atoms in total. The molecule has 0 unspecified atom stereocenters. The molecule has 0 aliphatic carbocycles. The van der Waals surface area contributed by atoms with Gasteiger partial charge in [-0.1, -0.05) is 62.6 Å². The second kappa shape index (κ2) is 20.3. The van der Waals surface area contributed by atoms with Crippen molar-refractivity contribution in [3.05, 3.63) is 36.5 Å². The van der Waals surface area contributed by atoms with Crippen LogP contribution in [-0.4, -0.2) is 32.2 Å². The van der Waals surface area contributed by atoms with Crippen LogP contribution in [0.1, 0.15) is 71.1 Å². The van der Waals surface area contributed by atoms with E-state index >= 15 is 0 Å². The van der Waals surface area contributed by atoms with Gasteiger partial charge in [-0.2, -0.15) is 0 Å². The molecule has 0 bridgehead atoms. The minimum absolute atomic E-state index is 0.239. The molecule has 0 fully saturated rings. The molecule has 2 N–H and O–H groups in total. The van der Waals surface area contributed by atoms with Crippen molar-refractivity contribution >= 4 is 12.0 Å².